The predicted octanol–water partition coefficient (Wildman–Crippen LogP) is 2.70. The Balaban J connectivity index is 2.19. The molecule has 0 saturated heterocycles. The largest absolute Gasteiger partial charge is 0.497 e. The zero-order valence-corrected chi connectivity index (χ0v) is 13.3. The molecule has 0 unspecified atom stereocenters. The standard InChI is InChI=1S/C12H13BrN2O4S/c1-8-5-9(14-19-8)7-20(16,17)15-12-6-10(18-2)3-4-11(12)13/h3-6,15H,7H2,1-2H3. The van der Waals surface area contributed by atoms with E-state index in [-0.39, 0.29) is 5.75 Å². The quantitative estimate of drug-likeness (QED) is 0.886. The van der Waals surface area contributed by atoms with Crippen molar-refractivity contribution in [2.45, 2.75) is 12.7 Å². The molecule has 0 bridgehead atoms. The van der Waals surface area contributed by atoms with Crippen LogP contribution in [0, 0.1) is 6.92 Å². The van der Waals surface area contributed by atoms with Gasteiger partial charge in [0, 0.05) is 16.6 Å². The first-order valence-electron chi connectivity index (χ1n) is 5.66. The Morgan fingerprint density at radius 1 is 1.40 bits per heavy atom. The van der Waals surface area contributed by atoms with Crippen LogP contribution in [0.15, 0.2) is 33.3 Å². The molecule has 1 N–H and O–H groups in total. The molecule has 0 spiro atoms. The molecular weight excluding hydrogens is 348 g/mol. The normalized spacial score (nSPS) is 11.3. The van der Waals surface area contributed by atoms with Crippen molar-refractivity contribution in [1.82, 2.24) is 5.16 Å². The van der Waals surface area contributed by atoms with Gasteiger partial charge >= 0.3 is 0 Å². The Kier molecular flexibility index (Phi) is 4.34. The zero-order valence-electron chi connectivity index (χ0n) is 10.9. The lowest BCUT2D eigenvalue weighted by Gasteiger charge is -2.10. The van der Waals surface area contributed by atoms with Gasteiger partial charge < -0.3 is 9.26 Å². The number of sulfonamides is 1. The molecule has 0 saturated carbocycles. The molecule has 1 heterocycles. The number of hydrogen-bond donors (Lipinski definition) is 1. The minimum Gasteiger partial charge on any atom is -0.497 e. The summed E-state index contributed by atoms with van der Waals surface area (Å²) in [6.07, 6.45) is 0. The van der Waals surface area contributed by atoms with Gasteiger partial charge in [0.25, 0.3) is 0 Å². The van der Waals surface area contributed by atoms with E-state index in [1.54, 1.807) is 31.2 Å². The first kappa shape index (κ1) is 14.9. The number of aryl methyl sites for hydroxylation is 1. The van der Waals surface area contributed by atoms with Crippen LogP contribution < -0.4 is 9.46 Å². The van der Waals surface area contributed by atoms with Crippen molar-refractivity contribution in [1.29, 1.82) is 0 Å². The summed E-state index contributed by atoms with van der Waals surface area (Å²) in [7, 11) is -2.07. The highest BCUT2D eigenvalue weighted by Gasteiger charge is 2.16. The molecule has 0 aliphatic rings. The molecule has 6 nitrogen and oxygen atoms in total. The molecule has 1 aromatic heterocycles. The highest BCUT2D eigenvalue weighted by Crippen LogP contribution is 2.28. The minimum atomic E-state index is -3.58. The van der Waals surface area contributed by atoms with E-state index in [0.29, 0.717) is 27.4 Å². The third-order valence-electron chi connectivity index (χ3n) is 2.45. The van der Waals surface area contributed by atoms with Crippen LogP contribution in [-0.2, 0) is 15.8 Å². The smallest absolute Gasteiger partial charge is 0.238 e. The summed E-state index contributed by atoms with van der Waals surface area (Å²) in [6, 6.07) is 6.61. The highest BCUT2D eigenvalue weighted by molar-refractivity contribution is 9.10. The topological polar surface area (TPSA) is 81.4 Å². The molecule has 20 heavy (non-hydrogen) atoms. The molecule has 0 aliphatic heterocycles. The van der Waals surface area contributed by atoms with Gasteiger partial charge in [-0.15, -0.1) is 0 Å². The monoisotopic (exact) mass is 360 g/mol. The Morgan fingerprint density at radius 2 is 2.15 bits per heavy atom. The van der Waals surface area contributed by atoms with Crippen molar-refractivity contribution in [2.24, 2.45) is 0 Å². The van der Waals surface area contributed by atoms with Gasteiger partial charge in [0.15, 0.2) is 0 Å². The molecule has 0 fully saturated rings. The Morgan fingerprint density at radius 3 is 2.75 bits per heavy atom. The van der Waals surface area contributed by atoms with Crippen molar-refractivity contribution in [2.75, 3.05) is 11.8 Å². The fourth-order valence-corrected chi connectivity index (χ4v) is 3.17. The molecule has 2 aromatic rings. The average Bonchev–Trinajstić information content (AvgIpc) is 2.76. The zero-order chi connectivity index (χ0) is 14.8. The molecule has 0 radical (unpaired) electrons. The Labute approximate surface area is 125 Å². The van der Waals surface area contributed by atoms with Gasteiger partial charge in [-0.25, -0.2) is 8.42 Å². The summed E-state index contributed by atoms with van der Waals surface area (Å²) in [6.45, 7) is 1.70. The van der Waals surface area contributed by atoms with Crippen molar-refractivity contribution in [3.63, 3.8) is 0 Å². The molecule has 0 aliphatic carbocycles. The average molecular weight is 361 g/mol. The maximum Gasteiger partial charge on any atom is 0.238 e. The van der Waals surface area contributed by atoms with E-state index >= 15 is 0 Å². The van der Waals surface area contributed by atoms with E-state index in [4.69, 9.17) is 9.26 Å². The molecule has 8 heteroatoms. The second kappa shape index (κ2) is 5.84. The second-order valence-corrected chi connectivity index (χ2v) is 6.71. The summed E-state index contributed by atoms with van der Waals surface area (Å²) >= 11 is 3.29. The van der Waals surface area contributed by atoms with Gasteiger partial charge in [-0.1, -0.05) is 5.16 Å². The fraction of sp³-hybridized carbons (Fsp3) is 0.250. The second-order valence-electron chi connectivity index (χ2n) is 4.14. The van der Waals surface area contributed by atoms with Crippen LogP contribution in [0.3, 0.4) is 0 Å². The van der Waals surface area contributed by atoms with Gasteiger partial charge in [-0.3, -0.25) is 4.72 Å². The van der Waals surface area contributed by atoms with E-state index in [0.717, 1.165) is 0 Å². The summed E-state index contributed by atoms with van der Waals surface area (Å²) in [5.74, 6) is 0.870. The number of halogens is 1. The first-order valence-corrected chi connectivity index (χ1v) is 8.10. The molecule has 1 aromatic carbocycles. The van der Waals surface area contributed by atoms with Gasteiger partial charge in [0.2, 0.25) is 10.0 Å². The summed E-state index contributed by atoms with van der Waals surface area (Å²) in [4.78, 5) is 0. The van der Waals surface area contributed by atoms with Crippen LogP contribution in [-0.4, -0.2) is 20.7 Å². The lowest BCUT2D eigenvalue weighted by molar-refractivity contribution is 0.392. The summed E-state index contributed by atoms with van der Waals surface area (Å²) in [5.41, 5.74) is 0.763. The number of benzene rings is 1. The van der Waals surface area contributed by atoms with Crippen molar-refractivity contribution < 1.29 is 17.7 Å². The van der Waals surface area contributed by atoms with Gasteiger partial charge in [-0.2, -0.15) is 0 Å². The number of aromatic nitrogens is 1. The fourth-order valence-electron chi connectivity index (χ4n) is 1.59. The number of hydrogen-bond acceptors (Lipinski definition) is 5. The van der Waals surface area contributed by atoms with Crippen LogP contribution in [0.4, 0.5) is 5.69 Å². The number of anilines is 1. The SMILES string of the molecule is COc1ccc(Br)c(NS(=O)(=O)Cc2cc(C)on2)c1. The van der Waals surface area contributed by atoms with Crippen molar-refractivity contribution in [3.8, 4) is 5.75 Å². The lowest BCUT2D eigenvalue weighted by atomic mass is 10.3. The lowest BCUT2D eigenvalue weighted by Crippen LogP contribution is -2.15. The van der Waals surface area contributed by atoms with E-state index < -0.39 is 10.0 Å². The third-order valence-corrected chi connectivity index (χ3v) is 4.35. The molecular formula is C12H13BrN2O4S. The Bertz CT molecular complexity index is 712. The van der Waals surface area contributed by atoms with E-state index in [9.17, 15) is 8.42 Å². The molecule has 0 amide bonds. The highest BCUT2D eigenvalue weighted by atomic mass is 79.9. The number of methoxy groups -OCH3 is 1. The van der Waals surface area contributed by atoms with E-state index in [1.165, 1.54) is 7.11 Å². The maximum absolute atomic E-state index is 12.1. The van der Waals surface area contributed by atoms with Gasteiger partial charge in [0.05, 0.1) is 12.8 Å². The van der Waals surface area contributed by atoms with E-state index in [1.807, 2.05) is 0 Å². The van der Waals surface area contributed by atoms with Crippen LogP contribution in [0.5, 0.6) is 5.75 Å². The predicted molar refractivity (Wildman–Crippen MR) is 78.2 cm³/mol. The van der Waals surface area contributed by atoms with Crippen LogP contribution in [0.1, 0.15) is 11.5 Å². The number of rotatable bonds is 5. The maximum atomic E-state index is 12.1. The van der Waals surface area contributed by atoms with Crippen LogP contribution in [0.2, 0.25) is 0 Å². The number of nitrogens with zero attached hydrogens (tertiary/aromatic N) is 1. The van der Waals surface area contributed by atoms with E-state index in [2.05, 4.69) is 25.8 Å². The first-order chi connectivity index (χ1) is 9.39. The van der Waals surface area contributed by atoms with Crippen LogP contribution >= 0.6 is 15.9 Å². The molecule has 0 atom stereocenters. The van der Waals surface area contributed by atoms with Crippen molar-refractivity contribution >= 4 is 31.6 Å². The molecule has 108 valence electrons. The summed E-state index contributed by atoms with van der Waals surface area (Å²) < 4.78 is 37.2. The Hall–Kier alpha value is -1.54. The third kappa shape index (κ3) is 3.73. The number of nitrogens with one attached hydrogen (secondary N) is 1. The van der Waals surface area contributed by atoms with Gasteiger partial charge in [-0.05, 0) is 35.0 Å². The number of ether oxygens (including phenoxy) is 1. The van der Waals surface area contributed by atoms with Gasteiger partial charge in [0.1, 0.15) is 23.0 Å². The van der Waals surface area contributed by atoms with Crippen LogP contribution in [0.25, 0.3) is 0 Å². The molecule has 2 rings (SSSR count). The van der Waals surface area contributed by atoms with Crippen molar-refractivity contribution in [3.05, 3.63) is 40.2 Å². The minimum absolute atomic E-state index is 0.256. The summed E-state index contributed by atoms with van der Waals surface area (Å²) in [5, 5.41) is 3.67.